The van der Waals surface area contributed by atoms with Crippen molar-refractivity contribution in [2.24, 2.45) is 0 Å². The highest BCUT2D eigenvalue weighted by atomic mass is 16.5. The van der Waals surface area contributed by atoms with Gasteiger partial charge in [0.1, 0.15) is 11.6 Å². The smallest absolute Gasteiger partial charge is 0.246 e. The van der Waals surface area contributed by atoms with Crippen molar-refractivity contribution in [3.05, 3.63) is 48.0 Å². The molecule has 1 amide bonds. The van der Waals surface area contributed by atoms with E-state index in [4.69, 9.17) is 19.9 Å². The fourth-order valence-electron chi connectivity index (χ4n) is 3.94. The summed E-state index contributed by atoms with van der Waals surface area (Å²) in [6.07, 6.45) is 3.56. The molecule has 0 spiro atoms. The Hall–Kier alpha value is -4.01. The topological polar surface area (TPSA) is 103 Å². The Morgan fingerprint density at radius 1 is 1.00 bits per heavy atom. The molecule has 0 saturated carbocycles. The summed E-state index contributed by atoms with van der Waals surface area (Å²) in [5, 5.41) is 0.703. The van der Waals surface area contributed by atoms with Crippen LogP contribution >= 0.6 is 0 Å². The third kappa shape index (κ3) is 5.56. The van der Waals surface area contributed by atoms with Gasteiger partial charge in [0.25, 0.3) is 0 Å². The van der Waals surface area contributed by atoms with Crippen molar-refractivity contribution in [1.29, 1.82) is 0 Å². The molecule has 9 heteroatoms. The molecule has 2 heterocycles. The number of anilines is 2. The van der Waals surface area contributed by atoms with Gasteiger partial charge in [-0.15, -0.1) is 0 Å². The molecule has 2 aromatic carbocycles. The number of fused-ring (bicyclic) bond motifs is 1. The largest absolute Gasteiger partial charge is 0.493 e. The summed E-state index contributed by atoms with van der Waals surface area (Å²) in [6, 6.07) is 11.3. The van der Waals surface area contributed by atoms with E-state index in [2.05, 4.69) is 9.97 Å². The number of piperazine rings is 1. The quantitative estimate of drug-likeness (QED) is 0.517. The minimum Gasteiger partial charge on any atom is -0.493 e. The first-order valence-electron chi connectivity index (χ1n) is 11.6. The van der Waals surface area contributed by atoms with Gasteiger partial charge in [0.05, 0.1) is 25.8 Å². The molecule has 35 heavy (non-hydrogen) atoms. The predicted molar refractivity (Wildman–Crippen MR) is 137 cm³/mol. The molecule has 4 rings (SSSR count). The standard InChI is InChI=1S/C26H31N5O4/c1-17(2)35-19-8-5-18(6-9-19)7-10-24(32)30-11-13-31(14-12-30)26-28-21-16-23(34-4)22(33-3)15-20(21)25(27)29-26/h5-10,15-17H,11-14H2,1-4H3,(H2,27,28,29). The van der Waals surface area contributed by atoms with Crippen LogP contribution in [-0.2, 0) is 4.79 Å². The lowest BCUT2D eigenvalue weighted by Gasteiger charge is -2.34. The normalized spacial score (nSPS) is 14.1. The van der Waals surface area contributed by atoms with Crippen LogP contribution in [0.25, 0.3) is 17.0 Å². The van der Waals surface area contributed by atoms with Crippen LogP contribution < -0.4 is 24.8 Å². The first-order valence-corrected chi connectivity index (χ1v) is 11.6. The maximum absolute atomic E-state index is 12.7. The van der Waals surface area contributed by atoms with Gasteiger partial charge in [-0.3, -0.25) is 4.79 Å². The summed E-state index contributed by atoms with van der Waals surface area (Å²) in [6.45, 7) is 6.33. The first-order chi connectivity index (χ1) is 16.9. The average Bonchev–Trinajstić information content (AvgIpc) is 2.87. The van der Waals surface area contributed by atoms with Crippen molar-refractivity contribution in [3.8, 4) is 17.2 Å². The predicted octanol–water partition coefficient (Wildman–Crippen LogP) is 3.38. The van der Waals surface area contributed by atoms with Crippen LogP contribution in [0.5, 0.6) is 17.2 Å². The number of rotatable bonds is 7. The maximum atomic E-state index is 12.7. The number of benzene rings is 2. The van der Waals surface area contributed by atoms with E-state index in [-0.39, 0.29) is 12.0 Å². The van der Waals surface area contributed by atoms with Crippen LogP contribution in [0.1, 0.15) is 19.4 Å². The van der Waals surface area contributed by atoms with Crippen LogP contribution in [0.15, 0.2) is 42.5 Å². The van der Waals surface area contributed by atoms with Crippen molar-refractivity contribution in [2.45, 2.75) is 20.0 Å². The fraction of sp³-hybridized carbons (Fsp3) is 0.346. The lowest BCUT2D eigenvalue weighted by Crippen LogP contribution is -2.48. The number of amides is 1. The van der Waals surface area contributed by atoms with Crippen molar-refractivity contribution < 1.29 is 19.0 Å². The second-order valence-corrected chi connectivity index (χ2v) is 8.51. The van der Waals surface area contributed by atoms with E-state index in [9.17, 15) is 4.79 Å². The summed E-state index contributed by atoms with van der Waals surface area (Å²) in [4.78, 5) is 25.7. The molecular weight excluding hydrogens is 446 g/mol. The summed E-state index contributed by atoms with van der Waals surface area (Å²) in [5.41, 5.74) is 7.85. The van der Waals surface area contributed by atoms with Crippen molar-refractivity contribution in [3.63, 3.8) is 0 Å². The Morgan fingerprint density at radius 2 is 1.66 bits per heavy atom. The third-order valence-corrected chi connectivity index (χ3v) is 5.76. The lowest BCUT2D eigenvalue weighted by atomic mass is 10.2. The molecule has 0 radical (unpaired) electrons. The van der Waals surface area contributed by atoms with Gasteiger partial charge < -0.3 is 29.7 Å². The number of carbonyl (C=O) groups excluding carboxylic acids is 1. The van der Waals surface area contributed by atoms with Crippen LogP contribution in [0.4, 0.5) is 11.8 Å². The van der Waals surface area contributed by atoms with E-state index < -0.39 is 0 Å². The van der Waals surface area contributed by atoms with Gasteiger partial charge in [-0.2, -0.15) is 4.98 Å². The van der Waals surface area contributed by atoms with Crippen molar-refractivity contribution in [1.82, 2.24) is 14.9 Å². The van der Waals surface area contributed by atoms with E-state index >= 15 is 0 Å². The Morgan fingerprint density at radius 3 is 2.29 bits per heavy atom. The van der Waals surface area contributed by atoms with E-state index in [0.717, 1.165) is 11.3 Å². The highest BCUT2D eigenvalue weighted by Gasteiger charge is 2.22. The van der Waals surface area contributed by atoms with E-state index in [1.165, 1.54) is 0 Å². The Bertz CT molecular complexity index is 1220. The number of nitrogen functional groups attached to an aromatic ring is 1. The highest BCUT2D eigenvalue weighted by Crippen LogP contribution is 2.34. The van der Waals surface area contributed by atoms with Crippen LogP contribution in [0.3, 0.4) is 0 Å². The van der Waals surface area contributed by atoms with Gasteiger partial charge in [0.2, 0.25) is 11.9 Å². The molecule has 1 fully saturated rings. The van der Waals surface area contributed by atoms with Crippen LogP contribution in [0, 0.1) is 0 Å². The minimum atomic E-state index is -0.0251. The highest BCUT2D eigenvalue weighted by molar-refractivity contribution is 5.93. The van der Waals surface area contributed by atoms with Crippen molar-refractivity contribution in [2.75, 3.05) is 51.0 Å². The Kier molecular flexibility index (Phi) is 7.24. The summed E-state index contributed by atoms with van der Waals surface area (Å²) >= 11 is 0. The number of methoxy groups -OCH3 is 2. The van der Waals surface area contributed by atoms with Gasteiger partial charge in [0, 0.05) is 43.7 Å². The zero-order valence-electron chi connectivity index (χ0n) is 20.5. The van der Waals surface area contributed by atoms with Gasteiger partial charge >= 0.3 is 0 Å². The molecule has 9 nitrogen and oxygen atoms in total. The SMILES string of the molecule is COc1cc2nc(N3CCN(C(=O)C=Cc4ccc(OC(C)C)cc4)CC3)nc(N)c2cc1OC. The van der Waals surface area contributed by atoms with Crippen LogP contribution in [-0.4, -0.2) is 67.3 Å². The van der Waals surface area contributed by atoms with Gasteiger partial charge in [-0.1, -0.05) is 12.1 Å². The number of nitrogens with two attached hydrogens (primary N) is 1. The molecule has 1 aliphatic heterocycles. The molecule has 1 saturated heterocycles. The summed E-state index contributed by atoms with van der Waals surface area (Å²) in [5.74, 6) is 2.85. The molecule has 2 N–H and O–H groups in total. The Balaban J connectivity index is 1.40. The summed E-state index contributed by atoms with van der Waals surface area (Å²) in [7, 11) is 3.15. The third-order valence-electron chi connectivity index (χ3n) is 5.76. The van der Waals surface area contributed by atoms with E-state index in [1.54, 1.807) is 32.4 Å². The second-order valence-electron chi connectivity index (χ2n) is 8.51. The molecule has 1 aliphatic rings. The zero-order chi connectivity index (χ0) is 24.9. The number of carbonyl (C=O) groups is 1. The lowest BCUT2D eigenvalue weighted by molar-refractivity contribution is -0.126. The van der Waals surface area contributed by atoms with Crippen molar-refractivity contribution >= 4 is 34.7 Å². The molecule has 0 bridgehead atoms. The zero-order valence-corrected chi connectivity index (χ0v) is 20.5. The molecule has 0 atom stereocenters. The maximum Gasteiger partial charge on any atom is 0.246 e. The Labute approximate surface area is 205 Å². The van der Waals surface area contributed by atoms with Gasteiger partial charge in [-0.05, 0) is 43.7 Å². The van der Waals surface area contributed by atoms with Crippen LogP contribution in [0.2, 0.25) is 0 Å². The molecule has 1 aromatic heterocycles. The molecular formula is C26H31N5O4. The fourth-order valence-corrected chi connectivity index (χ4v) is 3.94. The number of hydrogen-bond donors (Lipinski definition) is 1. The number of nitrogens with zero attached hydrogens (tertiary/aromatic N) is 4. The van der Waals surface area contributed by atoms with Gasteiger partial charge in [0.15, 0.2) is 11.5 Å². The summed E-state index contributed by atoms with van der Waals surface area (Å²) < 4.78 is 16.4. The molecule has 0 unspecified atom stereocenters. The second kappa shape index (κ2) is 10.5. The minimum absolute atomic E-state index is 0.0251. The molecule has 184 valence electrons. The number of hydrogen-bond acceptors (Lipinski definition) is 8. The van der Waals surface area contributed by atoms with E-state index in [1.807, 2.05) is 54.0 Å². The number of ether oxygens (including phenoxy) is 3. The molecule has 3 aromatic rings. The monoisotopic (exact) mass is 477 g/mol. The molecule has 0 aliphatic carbocycles. The average molecular weight is 478 g/mol. The first kappa shape index (κ1) is 24.1. The number of aromatic nitrogens is 2. The van der Waals surface area contributed by atoms with Gasteiger partial charge in [-0.25, -0.2) is 4.98 Å². The van der Waals surface area contributed by atoms with E-state index in [0.29, 0.717) is 60.3 Å².